The normalized spacial score (nSPS) is 25.4. The second-order valence-corrected chi connectivity index (χ2v) is 10.4. The predicted octanol–water partition coefficient (Wildman–Crippen LogP) is 8.98. The van der Waals surface area contributed by atoms with Crippen molar-refractivity contribution < 1.29 is 17.9 Å². The van der Waals surface area contributed by atoms with Crippen LogP contribution in [-0.4, -0.2) is 6.10 Å². The van der Waals surface area contributed by atoms with E-state index < -0.39 is 11.6 Å². The van der Waals surface area contributed by atoms with Crippen molar-refractivity contribution in [2.24, 2.45) is 5.92 Å². The van der Waals surface area contributed by atoms with Gasteiger partial charge in [-0.3, -0.25) is 0 Å². The maximum Gasteiger partial charge on any atom is 0.162 e. The van der Waals surface area contributed by atoms with E-state index in [0.717, 1.165) is 69.3 Å². The summed E-state index contributed by atoms with van der Waals surface area (Å²) in [5.74, 6) is -0.573. The molecule has 0 saturated heterocycles. The molecule has 2 aliphatic rings. The number of hydrogen-bond donors (Lipinski definition) is 0. The zero-order chi connectivity index (χ0) is 24.1. The van der Waals surface area contributed by atoms with Gasteiger partial charge in [0.25, 0.3) is 0 Å². The molecule has 1 nitrogen and oxygen atoms in total. The maximum atomic E-state index is 15.1. The van der Waals surface area contributed by atoms with E-state index >= 15 is 8.78 Å². The molecule has 0 N–H and O–H groups in total. The van der Waals surface area contributed by atoms with Crippen LogP contribution in [0.2, 0.25) is 0 Å². The Morgan fingerprint density at radius 2 is 1.35 bits per heavy atom. The first-order chi connectivity index (χ1) is 16.5. The van der Waals surface area contributed by atoms with Crippen molar-refractivity contribution in [2.75, 3.05) is 0 Å². The molecule has 4 heteroatoms. The number of halogens is 3. The molecular weight excluding hydrogens is 433 g/mol. The molecule has 0 bridgehead atoms. The van der Waals surface area contributed by atoms with Gasteiger partial charge in [0.2, 0.25) is 0 Å². The minimum Gasteiger partial charge on any atom is -0.373 e. The molecule has 2 aromatic rings. The van der Waals surface area contributed by atoms with E-state index in [1.165, 1.54) is 12.8 Å². The van der Waals surface area contributed by atoms with Crippen LogP contribution in [0.4, 0.5) is 13.2 Å². The second kappa shape index (κ2) is 11.7. The average Bonchev–Trinajstić information content (AvgIpc) is 2.86. The first-order valence-corrected chi connectivity index (χ1v) is 13.4. The van der Waals surface area contributed by atoms with Crippen molar-refractivity contribution in [3.05, 3.63) is 70.0 Å². The molecule has 0 amide bonds. The number of hydrogen-bond acceptors (Lipinski definition) is 1. The summed E-state index contributed by atoms with van der Waals surface area (Å²) in [6.45, 7) is 4.47. The molecule has 2 aromatic carbocycles. The topological polar surface area (TPSA) is 9.23 Å². The lowest BCUT2D eigenvalue weighted by atomic mass is 9.76. The fraction of sp³-hybridized carbons (Fsp3) is 0.600. The van der Waals surface area contributed by atoms with Crippen molar-refractivity contribution >= 4 is 0 Å². The Balaban J connectivity index is 1.31. The zero-order valence-corrected chi connectivity index (χ0v) is 20.7. The molecule has 186 valence electrons. The van der Waals surface area contributed by atoms with Crippen LogP contribution in [-0.2, 0) is 17.8 Å². The molecule has 0 spiro atoms. The minimum absolute atomic E-state index is 0.0178. The summed E-state index contributed by atoms with van der Waals surface area (Å²) in [6, 6.07) is 9.01. The standard InChI is InChI=1S/C30H39F3O/c1-3-5-21-7-9-22(10-8-21)26-16-17-27(30(33)29(26)32)23-12-14-25(15-13-23)34-19-24-11-6-20(4-2)18-28(24)31/h6,11,16-18,21-23,25H,3-5,7-10,12-15,19H2,1-2H3. The van der Waals surface area contributed by atoms with Gasteiger partial charge in [-0.25, -0.2) is 13.2 Å². The van der Waals surface area contributed by atoms with Crippen LogP contribution in [0.5, 0.6) is 0 Å². The van der Waals surface area contributed by atoms with E-state index in [1.54, 1.807) is 12.1 Å². The van der Waals surface area contributed by atoms with Crippen LogP contribution < -0.4 is 0 Å². The lowest BCUT2D eigenvalue weighted by Crippen LogP contribution is -2.22. The van der Waals surface area contributed by atoms with Crippen LogP contribution >= 0.6 is 0 Å². The van der Waals surface area contributed by atoms with Gasteiger partial charge in [-0.15, -0.1) is 0 Å². The van der Waals surface area contributed by atoms with Gasteiger partial charge < -0.3 is 4.74 Å². The second-order valence-electron chi connectivity index (χ2n) is 10.4. The summed E-state index contributed by atoms with van der Waals surface area (Å²) in [5, 5.41) is 0. The third kappa shape index (κ3) is 5.87. The Kier molecular flexibility index (Phi) is 8.74. The SMILES string of the molecule is CCCC1CCC(c2ccc(C3CCC(OCc4ccc(CC)cc4F)CC3)c(F)c2F)CC1. The van der Waals surface area contributed by atoms with Gasteiger partial charge in [0.15, 0.2) is 11.6 Å². The van der Waals surface area contributed by atoms with Crippen molar-refractivity contribution in [1.82, 2.24) is 0 Å². The highest BCUT2D eigenvalue weighted by atomic mass is 19.2. The first-order valence-electron chi connectivity index (χ1n) is 13.4. The molecule has 0 heterocycles. The summed E-state index contributed by atoms with van der Waals surface area (Å²) < 4.78 is 50.4. The third-order valence-corrected chi connectivity index (χ3v) is 8.24. The highest BCUT2D eigenvalue weighted by Crippen LogP contribution is 2.41. The van der Waals surface area contributed by atoms with Crippen molar-refractivity contribution in [3.8, 4) is 0 Å². The summed E-state index contributed by atoms with van der Waals surface area (Å²) in [4.78, 5) is 0. The van der Waals surface area contributed by atoms with Crippen molar-refractivity contribution in [2.45, 2.75) is 109 Å². The Morgan fingerprint density at radius 1 is 0.765 bits per heavy atom. The summed E-state index contributed by atoms with van der Waals surface area (Å²) >= 11 is 0. The zero-order valence-electron chi connectivity index (χ0n) is 20.7. The van der Waals surface area contributed by atoms with E-state index in [1.807, 2.05) is 25.1 Å². The molecule has 0 aromatic heterocycles. The Bertz CT molecular complexity index is 940. The first kappa shape index (κ1) is 25.3. The smallest absolute Gasteiger partial charge is 0.162 e. The monoisotopic (exact) mass is 472 g/mol. The van der Waals surface area contributed by atoms with Gasteiger partial charge in [-0.1, -0.05) is 51.0 Å². The Hall–Kier alpha value is -1.81. The maximum absolute atomic E-state index is 15.1. The van der Waals surface area contributed by atoms with Crippen LogP contribution in [0.25, 0.3) is 0 Å². The highest BCUT2D eigenvalue weighted by molar-refractivity contribution is 5.32. The van der Waals surface area contributed by atoms with Crippen LogP contribution in [0.15, 0.2) is 30.3 Å². The minimum atomic E-state index is -0.643. The molecule has 0 aliphatic heterocycles. The van der Waals surface area contributed by atoms with Crippen LogP contribution in [0, 0.1) is 23.4 Å². The van der Waals surface area contributed by atoms with E-state index in [2.05, 4.69) is 6.92 Å². The number of aryl methyl sites for hydroxylation is 1. The van der Waals surface area contributed by atoms with Gasteiger partial charge in [-0.2, -0.15) is 0 Å². The fourth-order valence-electron chi connectivity index (χ4n) is 6.06. The number of rotatable bonds is 8. The lowest BCUT2D eigenvalue weighted by Gasteiger charge is -2.31. The number of ether oxygens (including phenoxy) is 1. The van der Waals surface area contributed by atoms with Crippen LogP contribution in [0.3, 0.4) is 0 Å². The average molecular weight is 473 g/mol. The molecule has 2 aliphatic carbocycles. The summed E-state index contributed by atoms with van der Waals surface area (Å²) in [5.41, 5.74) is 2.64. The van der Waals surface area contributed by atoms with E-state index in [9.17, 15) is 4.39 Å². The predicted molar refractivity (Wildman–Crippen MR) is 132 cm³/mol. The largest absolute Gasteiger partial charge is 0.373 e. The molecule has 2 saturated carbocycles. The third-order valence-electron chi connectivity index (χ3n) is 8.24. The fourth-order valence-corrected chi connectivity index (χ4v) is 6.06. The van der Waals surface area contributed by atoms with Gasteiger partial charge in [0.1, 0.15) is 5.82 Å². The lowest BCUT2D eigenvalue weighted by molar-refractivity contribution is 0.0118. The van der Waals surface area contributed by atoms with E-state index in [0.29, 0.717) is 16.7 Å². The summed E-state index contributed by atoms with van der Waals surface area (Å²) in [6.07, 6.45) is 10.5. The highest BCUT2D eigenvalue weighted by Gasteiger charge is 2.29. The molecule has 0 atom stereocenters. The Morgan fingerprint density at radius 3 is 1.88 bits per heavy atom. The Labute approximate surface area is 203 Å². The van der Waals surface area contributed by atoms with Gasteiger partial charge in [-0.05, 0) is 98.3 Å². The quantitative estimate of drug-likeness (QED) is 0.372. The van der Waals surface area contributed by atoms with Gasteiger partial charge in [0.05, 0.1) is 12.7 Å². The molecule has 2 fully saturated rings. The molecule has 34 heavy (non-hydrogen) atoms. The summed E-state index contributed by atoms with van der Waals surface area (Å²) in [7, 11) is 0. The van der Waals surface area contributed by atoms with E-state index in [-0.39, 0.29) is 30.4 Å². The van der Waals surface area contributed by atoms with Crippen molar-refractivity contribution in [3.63, 3.8) is 0 Å². The van der Waals surface area contributed by atoms with Crippen molar-refractivity contribution in [1.29, 1.82) is 0 Å². The van der Waals surface area contributed by atoms with Gasteiger partial charge >= 0.3 is 0 Å². The molecular formula is C30H39F3O. The van der Waals surface area contributed by atoms with Crippen LogP contribution in [0.1, 0.15) is 112 Å². The molecule has 0 radical (unpaired) electrons. The molecule has 0 unspecified atom stereocenters. The molecule has 4 rings (SSSR count). The van der Waals surface area contributed by atoms with Gasteiger partial charge in [0, 0.05) is 5.56 Å². The number of benzene rings is 2. The van der Waals surface area contributed by atoms with E-state index in [4.69, 9.17) is 4.74 Å².